The second-order valence-corrected chi connectivity index (χ2v) is 3.01. The van der Waals surface area contributed by atoms with E-state index in [1.165, 1.54) is 23.2 Å². The van der Waals surface area contributed by atoms with E-state index in [0.29, 0.717) is 0 Å². The fourth-order valence-electron chi connectivity index (χ4n) is 1.02. The Hall–Kier alpha value is -1.75. The van der Waals surface area contributed by atoms with Crippen LogP contribution in [0.3, 0.4) is 0 Å². The Balaban J connectivity index is 3.00. The predicted octanol–water partition coefficient (Wildman–Crippen LogP) is 0.304. The molecule has 1 rings (SSSR count). The monoisotopic (exact) mass is 196 g/mol. The number of rotatable bonds is 2. The number of carbonyl (C=O) groups is 1. The van der Waals surface area contributed by atoms with Crippen molar-refractivity contribution in [1.29, 1.82) is 0 Å². The molecule has 5 heteroatoms. The molecule has 0 aliphatic rings. The number of phenols is 2. The maximum Gasteiger partial charge on any atom is 0.273 e. The molecule has 5 nitrogen and oxygen atoms in total. The third-order valence-corrected chi connectivity index (χ3v) is 1.57. The maximum absolute atomic E-state index is 11.4. The standard InChI is InChI=1S/C9H12N2O3/c1-11(2)10-9(14)8-6(12)4-3-5-7(8)13/h3-5,12-13H,1-2H3,(H,10,14). The molecule has 0 saturated heterocycles. The van der Waals surface area contributed by atoms with Gasteiger partial charge in [-0.3, -0.25) is 10.2 Å². The number of carbonyl (C=O) groups excluding carboxylic acids is 1. The van der Waals surface area contributed by atoms with Crippen molar-refractivity contribution in [2.45, 2.75) is 0 Å². The Morgan fingerprint density at radius 3 is 2.21 bits per heavy atom. The van der Waals surface area contributed by atoms with Crippen molar-refractivity contribution >= 4 is 5.91 Å². The van der Waals surface area contributed by atoms with E-state index < -0.39 is 5.91 Å². The van der Waals surface area contributed by atoms with Crippen LogP contribution in [-0.2, 0) is 0 Å². The highest BCUT2D eigenvalue weighted by Gasteiger charge is 2.15. The second kappa shape index (κ2) is 3.97. The van der Waals surface area contributed by atoms with Gasteiger partial charge < -0.3 is 10.2 Å². The van der Waals surface area contributed by atoms with Gasteiger partial charge in [-0.1, -0.05) is 6.07 Å². The van der Waals surface area contributed by atoms with Crippen molar-refractivity contribution in [3.05, 3.63) is 23.8 Å². The lowest BCUT2D eigenvalue weighted by molar-refractivity contribution is 0.0851. The number of hydrazine groups is 1. The van der Waals surface area contributed by atoms with Crippen molar-refractivity contribution in [3.8, 4) is 11.5 Å². The smallest absolute Gasteiger partial charge is 0.273 e. The molecule has 0 aliphatic carbocycles. The van der Waals surface area contributed by atoms with Crippen LogP contribution in [0.1, 0.15) is 10.4 Å². The van der Waals surface area contributed by atoms with Gasteiger partial charge in [0.1, 0.15) is 17.1 Å². The normalized spacial score (nSPS) is 10.2. The van der Waals surface area contributed by atoms with Crippen LogP contribution >= 0.6 is 0 Å². The summed E-state index contributed by atoms with van der Waals surface area (Å²) in [6.07, 6.45) is 0. The molecule has 0 aliphatic heterocycles. The molecule has 1 amide bonds. The number of nitrogens with one attached hydrogen (secondary N) is 1. The molecule has 1 aromatic carbocycles. The van der Waals surface area contributed by atoms with Crippen molar-refractivity contribution in [1.82, 2.24) is 10.4 Å². The third kappa shape index (κ3) is 2.14. The van der Waals surface area contributed by atoms with Gasteiger partial charge in [0.25, 0.3) is 5.91 Å². The van der Waals surface area contributed by atoms with Crippen LogP contribution in [0.5, 0.6) is 11.5 Å². The SMILES string of the molecule is CN(C)NC(=O)c1c(O)cccc1O. The zero-order valence-electron chi connectivity index (χ0n) is 7.98. The van der Waals surface area contributed by atoms with Gasteiger partial charge in [0.05, 0.1) is 0 Å². The van der Waals surface area contributed by atoms with E-state index in [4.69, 9.17) is 0 Å². The molecule has 0 radical (unpaired) electrons. The Bertz CT molecular complexity index is 330. The summed E-state index contributed by atoms with van der Waals surface area (Å²) in [4.78, 5) is 11.4. The lowest BCUT2D eigenvalue weighted by Gasteiger charge is -2.13. The van der Waals surface area contributed by atoms with Gasteiger partial charge in [-0.25, -0.2) is 5.01 Å². The Kier molecular flexibility index (Phi) is 2.93. The van der Waals surface area contributed by atoms with Gasteiger partial charge in [0, 0.05) is 14.1 Å². The number of hydrogen-bond acceptors (Lipinski definition) is 4. The highest BCUT2D eigenvalue weighted by molar-refractivity contribution is 5.99. The number of benzene rings is 1. The minimum atomic E-state index is -0.550. The van der Waals surface area contributed by atoms with Crippen molar-refractivity contribution in [2.24, 2.45) is 0 Å². The quantitative estimate of drug-likeness (QED) is 0.595. The third-order valence-electron chi connectivity index (χ3n) is 1.57. The van der Waals surface area contributed by atoms with Gasteiger partial charge in [0.15, 0.2) is 0 Å². The van der Waals surface area contributed by atoms with Crippen molar-refractivity contribution in [2.75, 3.05) is 14.1 Å². The molecule has 0 unspecified atom stereocenters. The number of hydrogen-bond donors (Lipinski definition) is 3. The topological polar surface area (TPSA) is 72.8 Å². The van der Waals surface area contributed by atoms with Crippen LogP contribution in [0, 0.1) is 0 Å². The Labute approximate surface area is 81.6 Å². The molecule has 0 saturated carbocycles. The van der Waals surface area contributed by atoms with Crippen LogP contribution in [0.4, 0.5) is 0 Å². The van der Waals surface area contributed by atoms with E-state index in [2.05, 4.69) is 5.43 Å². The molecule has 3 N–H and O–H groups in total. The van der Waals surface area contributed by atoms with Gasteiger partial charge in [0.2, 0.25) is 0 Å². The lowest BCUT2D eigenvalue weighted by atomic mass is 10.1. The van der Waals surface area contributed by atoms with E-state index in [1.807, 2.05) is 0 Å². The van der Waals surface area contributed by atoms with Crippen LogP contribution in [0.15, 0.2) is 18.2 Å². The summed E-state index contributed by atoms with van der Waals surface area (Å²) in [5.41, 5.74) is 2.29. The summed E-state index contributed by atoms with van der Waals surface area (Å²) in [5, 5.41) is 20.1. The maximum atomic E-state index is 11.4. The molecule has 14 heavy (non-hydrogen) atoms. The first-order valence-corrected chi connectivity index (χ1v) is 4.01. The van der Waals surface area contributed by atoms with Crippen molar-refractivity contribution < 1.29 is 15.0 Å². The van der Waals surface area contributed by atoms with Crippen LogP contribution in [0.2, 0.25) is 0 Å². The van der Waals surface area contributed by atoms with E-state index >= 15 is 0 Å². The molecule has 0 atom stereocenters. The largest absolute Gasteiger partial charge is 0.507 e. The molecule has 0 spiro atoms. The van der Waals surface area contributed by atoms with E-state index in [0.717, 1.165) is 0 Å². The summed E-state index contributed by atoms with van der Waals surface area (Å²) in [6, 6.07) is 4.13. The highest BCUT2D eigenvalue weighted by atomic mass is 16.3. The molecule has 0 bridgehead atoms. The second-order valence-electron chi connectivity index (χ2n) is 3.01. The predicted molar refractivity (Wildman–Crippen MR) is 50.9 cm³/mol. The minimum Gasteiger partial charge on any atom is -0.507 e. The fraction of sp³-hybridized carbons (Fsp3) is 0.222. The summed E-state index contributed by atoms with van der Waals surface area (Å²) in [5.74, 6) is -1.04. The number of amides is 1. The highest BCUT2D eigenvalue weighted by Crippen LogP contribution is 2.25. The lowest BCUT2D eigenvalue weighted by Crippen LogP contribution is -2.36. The molecule has 0 aromatic heterocycles. The van der Waals surface area contributed by atoms with Gasteiger partial charge in [-0.2, -0.15) is 0 Å². The van der Waals surface area contributed by atoms with E-state index in [-0.39, 0.29) is 17.1 Å². The molecule has 0 fully saturated rings. The molecular formula is C9H12N2O3. The number of aromatic hydroxyl groups is 2. The van der Waals surface area contributed by atoms with Crippen molar-refractivity contribution in [3.63, 3.8) is 0 Å². The van der Waals surface area contributed by atoms with Crippen LogP contribution in [0.25, 0.3) is 0 Å². The van der Waals surface area contributed by atoms with Crippen LogP contribution < -0.4 is 5.43 Å². The van der Waals surface area contributed by atoms with Gasteiger partial charge in [-0.15, -0.1) is 0 Å². The molecule has 0 heterocycles. The summed E-state index contributed by atoms with van der Waals surface area (Å²) < 4.78 is 0. The fourth-order valence-corrected chi connectivity index (χ4v) is 1.02. The average Bonchev–Trinajstić information content (AvgIpc) is 2.01. The Morgan fingerprint density at radius 1 is 1.29 bits per heavy atom. The van der Waals surface area contributed by atoms with E-state index in [9.17, 15) is 15.0 Å². The van der Waals surface area contributed by atoms with Gasteiger partial charge in [-0.05, 0) is 12.1 Å². The number of nitrogens with zero attached hydrogens (tertiary/aromatic N) is 1. The first-order chi connectivity index (χ1) is 6.52. The zero-order chi connectivity index (χ0) is 10.7. The Morgan fingerprint density at radius 2 is 1.79 bits per heavy atom. The molecule has 76 valence electrons. The summed E-state index contributed by atoms with van der Waals surface area (Å²) in [6.45, 7) is 0. The first-order valence-electron chi connectivity index (χ1n) is 4.01. The first kappa shape index (κ1) is 10.3. The average molecular weight is 196 g/mol. The minimum absolute atomic E-state index is 0.124. The van der Waals surface area contributed by atoms with Gasteiger partial charge >= 0.3 is 0 Å². The molecule has 1 aromatic rings. The molecular weight excluding hydrogens is 184 g/mol. The zero-order valence-corrected chi connectivity index (χ0v) is 7.98. The summed E-state index contributed by atoms with van der Waals surface area (Å²) in [7, 11) is 3.27. The van der Waals surface area contributed by atoms with Crippen LogP contribution in [-0.4, -0.2) is 35.2 Å². The number of phenolic OH excluding ortho intramolecular Hbond substituents is 2. The summed E-state index contributed by atoms with van der Waals surface area (Å²) >= 11 is 0. The van der Waals surface area contributed by atoms with E-state index in [1.54, 1.807) is 14.1 Å².